The van der Waals surface area contributed by atoms with Gasteiger partial charge in [-0.3, -0.25) is 4.79 Å². The topological polar surface area (TPSA) is 92.2 Å². The molecule has 0 saturated carbocycles. The summed E-state index contributed by atoms with van der Waals surface area (Å²) in [5.74, 6) is 0.773. The fourth-order valence-corrected chi connectivity index (χ4v) is 2.20. The monoisotopic (exact) mass is 357 g/mol. The van der Waals surface area contributed by atoms with Gasteiger partial charge in [-0.1, -0.05) is 6.07 Å². The maximum atomic E-state index is 12.1. The minimum absolute atomic E-state index is 0.0337. The maximum absolute atomic E-state index is 12.1. The van der Waals surface area contributed by atoms with Gasteiger partial charge in [0.15, 0.2) is 11.5 Å². The Kier molecular flexibility index (Phi) is 6.84. The molecule has 0 radical (unpaired) electrons. The lowest BCUT2D eigenvalue weighted by atomic mass is 10.2. The van der Waals surface area contributed by atoms with Crippen LogP contribution in [0.25, 0.3) is 0 Å². The summed E-state index contributed by atoms with van der Waals surface area (Å²) in [6.45, 7) is 4.25. The number of anilines is 1. The van der Waals surface area contributed by atoms with Crippen molar-refractivity contribution in [2.45, 2.75) is 19.9 Å². The van der Waals surface area contributed by atoms with Gasteiger partial charge in [0, 0.05) is 11.3 Å². The number of phenols is 1. The first-order valence-electron chi connectivity index (χ1n) is 8.23. The zero-order valence-electron chi connectivity index (χ0n) is 15.0. The van der Waals surface area contributed by atoms with Gasteiger partial charge >= 0.3 is 0 Å². The number of hydrazone groups is 1. The highest BCUT2D eigenvalue weighted by Gasteiger charge is 2.12. The number of amides is 1. The van der Waals surface area contributed by atoms with E-state index in [0.717, 1.165) is 11.4 Å². The van der Waals surface area contributed by atoms with Crippen molar-refractivity contribution in [1.82, 2.24) is 5.43 Å². The molecule has 2 aromatic carbocycles. The molecular formula is C19H23N3O4. The van der Waals surface area contributed by atoms with Crippen LogP contribution in [-0.2, 0) is 4.79 Å². The molecule has 1 amide bonds. The number of para-hydroxylation sites is 1. The van der Waals surface area contributed by atoms with Crippen molar-refractivity contribution in [3.8, 4) is 17.2 Å². The van der Waals surface area contributed by atoms with Crippen LogP contribution < -0.4 is 20.2 Å². The van der Waals surface area contributed by atoms with E-state index in [-0.39, 0.29) is 11.7 Å². The molecule has 0 aliphatic heterocycles. The number of hydrogen-bond donors (Lipinski definition) is 3. The highest BCUT2D eigenvalue weighted by Crippen LogP contribution is 2.27. The van der Waals surface area contributed by atoms with Crippen molar-refractivity contribution >= 4 is 17.8 Å². The van der Waals surface area contributed by atoms with E-state index in [1.807, 2.05) is 31.2 Å². The van der Waals surface area contributed by atoms with Crippen LogP contribution in [0.2, 0.25) is 0 Å². The third-order valence-electron chi connectivity index (χ3n) is 3.57. The Balaban J connectivity index is 1.90. The van der Waals surface area contributed by atoms with Crippen molar-refractivity contribution < 1.29 is 19.4 Å². The Bertz CT molecular complexity index is 760. The molecule has 0 spiro atoms. The molecule has 7 heteroatoms. The predicted octanol–water partition coefficient (Wildman–Crippen LogP) is 2.75. The molecule has 0 aliphatic rings. The molecule has 7 nitrogen and oxygen atoms in total. The lowest BCUT2D eigenvalue weighted by Crippen LogP contribution is -2.34. The van der Waals surface area contributed by atoms with Gasteiger partial charge in [-0.25, -0.2) is 5.43 Å². The van der Waals surface area contributed by atoms with E-state index < -0.39 is 6.04 Å². The summed E-state index contributed by atoms with van der Waals surface area (Å²) in [7, 11) is 1.46. The molecule has 0 saturated heterocycles. The number of phenolic OH excluding ortho intramolecular Hbond substituents is 1. The van der Waals surface area contributed by atoms with Crippen LogP contribution in [0.4, 0.5) is 5.69 Å². The number of nitrogens with zero attached hydrogens (tertiary/aromatic N) is 1. The van der Waals surface area contributed by atoms with E-state index in [1.165, 1.54) is 13.3 Å². The highest BCUT2D eigenvalue weighted by atomic mass is 16.5. The lowest BCUT2D eigenvalue weighted by molar-refractivity contribution is -0.121. The summed E-state index contributed by atoms with van der Waals surface area (Å²) < 4.78 is 10.4. The second-order valence-corrected chi connectivity index (χ2v) is 5.46. The molecule has 0 aromatic heterocycles. The molecule has 0 aliphatic carbocycles. The van der Waals surface area contributed by atoms with Gasteiger partial charge in [-0.2, -0.15) is 5.10 Å². The van der Waals surface area contributed by atoms with Crippen molar-refractivity contribution in [1.29, 1.82) is 0 Å². The lowest BCUT2D eigenvalue weighted by Gasteiger charge is -2.14. The molecule has 2 aromatic rings. The van der Waals surface area contributed by atoms with Crippen LogP contribution in [-0.4, -0.2) is 37.0 Å². The van der Waals surface area contributed by atoms with E-state index in [4.69, 9.17) is 9.47 Å². The summed E-state index contributed by atoms with van der Waals surface area (Å²) in [4.78, 5) is 12.1. The standard InChI is InChI=1S/C19H23N3O4/c1-4-26-16-10-8-15(9-11-16)21-13(2)19(24)22-20-12-14-6-5-7-17(25-3)18(14)23/h5-13,21,23H,4H2,1-3H3,(H,22,24)/t13-/m1/s1. The van der Waals surface area contributed by atoms with Crippen molar-refractivity contribution in [3.05, 3.63) is 48.0 Å². The fraction of sp³-hybridized carbons (Fsp3) is 0.263. The van der Waals surface area contributed by atoms with E-state index in [2.05, 4.69) is 15.8 Å². The van der Waals surface area contributed by atoms with Crippen molar-refractivity contribution in [3.63, 3.8) is 0 Å². The first-order chi connectivity index (χ1) is 12.5. The van der Waals surface area contributed by atoms with Crippen LogP contribution >= 0.6 is 0 Å². The Morgan fingerprint density at radius 2 is 2.00 bits per heavy atom. The summed E-state index contributed by atoms with van der Waals surface area (Å²) in [6.07, 6.45) is 1.36. The second kappa shape index (κ2) is 9.31. The third-order valence-corrected chi connectivity index (χ3v) is 3.57. The number of methoxy groups -OCH3 is 1. The number of ether oxygens (including phenoxy) is 2. The van der Waals surface area contributed by atoms with E-state index in [9.17, 15) is 9.90 Å². The quantitative estimate of drug-likeness (QED) is 0.499. The van der Waals surface area contributed by atoms with Crippen LogP contribution in [0.1, 0.15) is 19.4 Å². The summed E-state index contributed by atoms with van der Waals surface area (Å²) >= 11 is 0. The molecule has 2 rings (SSSR count). The highest BCUT2D eigenvalue weighted by molar-refractivity contribution is 5.88. The van der Waals surface area contributed by atoms with Gasteiger partial charge in [-0.05, 0) is 50.2 Å². The minimum atomic E-state index is -0.496. The van der Waals surface area contributed by atoms with Crippen LogP contribution in [0.15, 0.2) is 47.6 Å². The van der Waals surface area contributed by atoms with E-state index in [0.29, 0.717) is 17.9 Å². The molecule has 1 atom stereocenters. The van der Waals surface area contributed by atoms with Gasteiger partial charge in [0.1, 0.15) is 11.8 Å². The predicted molar refractivity (Wildman–Crippen MR) is 101 cm³/mol. The molecule has 0 bridgehead atoms. The Morgan fingerprint density at radius 1 is 1.27 bits per heavy atom. The zero-order chi connectivity index (χ0) is 18.9. The van der Waals surface area contributed by atoms with E-state index >= 15 is 0 Å². The number of benzene rings is 2. The largest absolute Gasteiger partial charge is 0.504 e. The van der Waals surface area contributed by atoms with Crippen LogP contribution in [0.5, 0.6) is 17.2 Å². The Labute approximate surface area is 152 Å². The van der Waals surface area contributed by atoms with Gasteiger partial charge in [0.05, 0.1) is 19.9 Å². The maximum Gasteiger partial charge on any atom is 0.262 e. The first-order valence-corrected chi connectivity index (χ1v) is 8.23. The number of nitrogens with one attached hydrogen (secondary N) is 2. The summed E-state index contributed by atoms with van der Waals surface area (Å²) in [5.41, 5.74) is 3.68. The first kappa shape index (κ1) is 19.1. The number of aromatic hydroxyl groups is 1. The average molecular weight is 357 g/mol. The average Bonchev–Trinajstić information content (AvgIpc) is 2.64. The molecule has 0 heterocycles. The summed E-state index contributed by atoms with van der Waals surface area (Å²) in [6, 6.07) is 11.9. The van der Waals surface area contributed by atoms with Gasteiger partial charge < -0.3 is 19.9 Å². The number of carbonyl (C=O) groups is 1. The molecule has 26 heavy (non-hydrogen) atoms. The smallest absolute Gasteiger partial charge is 0.262 e. The minimum Gasteiger partial charge on any atom is -0.504 e. The van der Waals surface area contributed by atoms with Gasteiger partial charge in [-0.15, -0.1) is 0 Å². The normalized spacial score (nSPS) is 11.8. The van der Waals surface area contributed by atoms with Gasteiger partial charge in [0.25, 0.3) is 5.91 Å². The molecule has 0 fully saturated rings. The molecule has 3 N–H and O–H groups in total. The number of rotatable bonds is 8. The second-order valence-electron chi connectivity index (χ2n) is 5.46. The Morgan fingerprint density at radius 3 is 2.65 bits per heavy atom. The van der Waals surface area contributed by atoms with Crippen LogP contribution in [0, 0.1) is 0 Å². The van der Waals surface area contributed by atoms with Crippen LogP contribution in [0.3, 0.4) is 0 Å². The SMILES string of the molecule is CCOc1ccc(N[C@H](C)C(=O)NN=Cc2cccc(OC)c2O)cc1. The van der Waals surface area contributed by atoms with Crippen molar-refractivity contribution in [2.24, 2.45) is 5.10 Å². The summed E-state index contributed by atoms with van der Waals surface area (Å²) in [5, 5.41) is 16.9. The molecular weight excluding hydrogens is 334 g/mol. The van der Waals surface area contributed by atoms with E-state index in [1.54, 1.807) is 25.1 Å². The third kappa shape index (κ3) is 5.14. The molecule has 138 valence electrons. The zero-order valence-corrected chi connectivity index (χ0v) is 15.0. The molecule has 0 unspecified atom stereocenters. The Hall–Kier alpha value is -3.22. The van der Waals surface area contributed by atoms with Gasteiger partial charge in [0.2, 0.25) is 0 Å². The van der Waals surface area contributed by atoms with Crippen molar-refractivity contribution in [2.75, 3.05) is 19.0 Å². The number of hydrogen-bond acceptors (Lipinski definition) is 6. The fourth-order valence-electron chi connectivity index (χ4n) is 2.20. The number of carbonyl (C=O) groups excluding carboxylic acids is 1.